The van der Waals surface area contributed by atoms with Gasteiger partial charge in [0.05, 0.1) is 41.6 Å². The molecular weight excluding hydrogens is 543 g/mol. The zero-order valence-electron chi connectivity index (χ0n) is 22.7. The Morgan fingerprint density at radius 3 is 2.42 bits per heavy atom. The summed E-state index contributed by atoms with van der Waals surface area (Å²) < 4.78 is 51.6. The van der Waals surface area contributed by atoms with Crippen LogP contribution in [0.15, 0.2) is 36.4 Å². The number of aromatic nitrogens is 1. The number of carbonyl (C=O) groups excluding carboxylic acids is 1. The second-order valence-corrected chi connectivity index (χ2v) is 10.9. The highest BCUT2D eigenvalue weighted by molar-refractivity contribution is 6.33. The number of rotatable bonds is 6. The van der Waals surface area contributed by atoms with Crippen LogP contribution in [0.25, 0.3) is 22.2 Å². The van der Waals surface area contributed by atoms with Crippen molar-refractivity contribution in [2.75, 3.05) is 40.4 Å². The summed E-state index contributed by atoms with van der Waals surface area (Å²) in [7, 11) is 2.77. The molecule has 2 aliphatic heterocycles. The quantitative estimate of drug-likeness (QED) is 0.301. The molecule has 1 aromatic heterocycles. The number of esters is 1. The van der Waals surface area contributed by atoms with Crippen LogP contribution >= 0.6 is 11.6 Å². The molecule has 2 fully saturated rings. The van der Waals surface area contributed by atoms with Crippen LogP contribution in [0, 0.1) is 0 Å². The van der Waals surface area contributed by atoms with Crippen molar-refractivity contribution in [3.8, 4) is 17.0 Å². The van der Waals surface area contributed by atoms with Crippen molar-refractivity contribution < 1.29 is 27.4 Å². The van der Waals surface area contributed by atoms with Crippen LogP contribution in [0.2, 0.25) is 5.02 Å². The van der Waals surface area contributed by atoms with Crippen LogP contribution in [-0.4, -0.2) is 67.2 Å². The van der Waals surface area contributed by atoms with Crippen LogP contribution in [0.3, 0.4) is 0 Å². The van der Waals surface area contributed by atoms with Gasteiger partial charge in [-0.3, -0.25) is 4.90 Å². The summed E-state index contributed by atoms with van der Waals surface area (Å²) in [6, 6.07) is 8.77. The zero-order chi connectivity index (χ0) is 28.4. The van der Waals surface area contributed by atoms with Gasteiger partial charge in [-0.25, -0.2) is 9.78 Å². The highest BCUT2D eigenvalue weighted by Crippen LogP contribution is 2.39. The van der Waals surface area contributed by atoms with Gasteiger partial charge < -0.3 is 14.4 Å². The maximum atomic E-state index is 13.7. The molecule has 0 aliphatic carbocycles. The van der Waals surface area contributed by atoms with Crippen molar-refractivity contribution in [3.63, 3.8) is 0 Å². The number of ether oxygens (including phenoxy) is 2. The molecule has 0 N–H and O–H groups in total. The number of likely N-dealkylation sites (tertiary alicyclic amines) is 2. The summed E-state index contributed by atoms with van der Waals surface area (Å²) in [6.45, 7) is 4.24. The standard InChI is InChI=1S/C30H33ClF3N3O3/c1-39-26-16-22-25(17-24(26)31)35-28(19-7-6-8-20(15-19)30(32,33)34)23(27(22)29(38)40-2)18-36-13-9-21(10-14-36)37-11-4-3-5-12-37/h6-8,15-17,21H,3-5,9-14,18H2,1-2H3. The molecule has 2 saturated heterocycles. The third-order valence-electron chi connectivity index (χ3n) is 8.06. The van der Waals surface area contributed by atoms with Crippen LogP contribution in [0.1, 0.15) is 53.6 Å². The Bertz CT molecular complexity index is 1380. The number of alkyl halides is 3. The van der Waals surface area contributed by atoms with Gasteiger partial charge in [0.15, 0.2) is 0 Å². The summed E-state index contributed by atoms with van der Waals surface area (Å²) in [5.41, 5.74) is 0.941. The van der Waals surface area contributed by atoms with E-state index in [-0.39, 0.29) is 16.1 Å². The maximum Gasteiger partial charge on any atom is 0.416 e. The molecule has 6 nitrogen and oxygen atoms in total. The molecule has 2 aromatic carbocycles. The highest BCUT2D eigenvalue weighted by Gasteiger charge is 2.32. The third-order valence-corrected chi connectivity index (χ3v) is 8.35. The minimum Gasteiger partial charge on any atom is -0.495 e. The topological polar surface area (TPSA) is 54.9 Å². The molecule has 10 heteroatoms. The largest absolute Gasteiger partial charge is 0.495 e. The van der Waals surface area contributed by atoms with E-state index in [9.17, 15) is 18.0 Å². The first-order valence-electron chi connectivity index (χ1n) is 13.6. The molecule has 5 rings (SSSR count). The van der Waals surface area contributed by atoms with E-state index in [1.54, 1.807) is 18.2 Å². The fraction of sp³-hybridized carbons (Fsp3) is 0.467. The second kappa shape index (κ2) is 11.9. The number of nitrogens with zero attached hydrogens (tertiary/aromatic N) is 3. The predicted octanol–water partition coefficient (Wildman–Crippen LogP) is 6.82. The van der Waals surface area contributed by atoms with Crippen molar-refractivity contribution in [2.45, 2.75) is 50.9 Å². The molecule has 0 bridgehead atoms. The van der Waals surface area contributed by atoms with Gasteiger partial charge in [0.2, 0.25) is 0 Å². The normalized spacial score (nSPS) is 17.8. The SMILES string of the molecule is COC(=O)c1c(CN2CCC(N3CCCCC3)CC2)c(-c2cccc(C(F)(F)F)c2)nc2cc(Cl)c(OC)cc12. The second-order valence-electron chi connectivity index (χ2n) is 10.5. The van der Waals surface area contributed by atoms with Gasteiger partial charge in [0, 0.05) is 29.1 Å². The van der Waals surface area contributed by atoms with E-state index in [0.29, 0.717) is 40.5 Å². The summed E-state index contributed by atoms with van der Waals surface area (Å²) >= 11 is 6.38. The minimum absolute atomic E-state index is 0.257. The van der Waals surface area contributed by atoms with Crippen molar-refractivity contribution in [1.82, 2.24) is 14.8 Å². The Balaban J connectivity index is 1.60. The number of benzene rings is 2. The van der Waals surface area contributed by atoms with Gasteiger partial charge in [-0.1, -0.05) is 30.2 Å². The lowest BCUT2D eigenvalue weighted by Crippen LogP contribution is -2.46. The van der Waals surface area contributed by atoms with Crippen LogP contribution in [0.5, 0.6) is 5.75 Å². The highest BCUT2D eigenvalue weighted by atomic mass is 35.5. The van der Waals surface area contributed by atoms with Gasteiger partial charge in [-0.2, -0.15) is 13.2 Å². The molecule has 0 saturated carbocycles. The number of piperidine rings is 2. The van der Waals surface area contributed by atoms with E-state index in [0.717, 1.165) is 51.2 Å². The summed E-state index contributed by atoms with van der Waals surface area (Å²) in [6.07, 6.45) is 1.23. The molecule has 3 aromatic rings. The molecule has 40 heavy (non-hydrogen) atoms. The number of fused-ring (bicyclic) bond motifs is 1. The number of hydrogen-bond acceptors (Lipinski definition) is 6. The molecule has 3 heterocycles. The molecule has 0 amide bonds. The van der Waals surface area contributed by atoms with E-state index in [2.05, 4.69) is 9.80 Å². The first-order valence-corrected chi connectivity index (χ1v) is 14.0. The maximum absolute atomic E-state index is 13.7. The molecule has 214 valence electrons. The minimum atomic E-state index is -4.52. The summed E-state index contributed by atoms with van der Waals surface area (Å²) in [4.78, 5) is 22.9. The smallest absolute Gasteiger partial charge is 0.416 e. The Hall–Kier alpha value is -2.88. The number of hydrogen-bond donors (Lipinski definition) is 0. The van der Waals surface area contributed by atoms with E-state index >= 15 is 0 Å². The molecule has 0 atom stereocenters. The average Bonchev–Trinajstić information content (AvgIpc) is 2.96. The molecular formula is C30H33ClF3N3O3. The number of halogens is 4. The molecule has 0 radical (unpaired) electrons. The number of methoxy groups -OCH3 is 2. The van der Waals surface area contributed by atoms with Crippen molar-refractivity contribution in [2.24, 2.45) is 0 Å². The Kier molecular flexibility index (Phi) is 8.54. The van der Waals surface area contributed by atoms with Crippen molar-refractivity contribution >= 4 is 28.5 Å². The van der Waals surface area contributed by atoms with Crippen molar-refractivity contribution in [1.29, 1.82) is 0 Å². The van der Waals surface area contributed by atoms with Crippen LogP contribution in [-0.2, 0) is 17.5 Å². The Morgan fingerprint density at radius 2 is 1.77 bits per heavy atom. The Labute approximate surface area is 237 Å². The molecule has 0 spiro atoms. The number of pyridine rings is 1. The average molecular weight is 576 g/mol. The van der Waals surface area contributed by atoms with E-state index < -0.39 is 17.7 Å². The Morgan fingerprint density at radius 1 is 1.05 bits per heavy atom. The fourth-order valence-electron chi connectivity index (χ4n) is 5.98. The van der Waals surface area contributed by atoms with Gasteiger partial charge in [0.25, 0.3) is 0 Å². The van der Waals surface area contributed by atoms with Gasteiger partial charge >= 0.3 is 12.1 Å². The molecule has 2 aliphatic rings. The van der Waals surface area contributed by atoms with Crippen LogP contribution < -0.4 is 4.74 Å². The predicted molar refractivity (Wildman–Crippen MR) is 149 cm³/mol. The van der Waals surface area contributed by atoms with Crippen molar-refractivity contribution in [3.05, 3.63) is 58.1 Å². The lowest BCUT2D eigenvalue weighted by Gasteiger charge is -2.40. The fourth-order valence-corrected chi connectivity index (χ4v) is 6.22. The monoisotopic (exact) mass is 575 g/mol. The zero-order valence-corrected chi connectivity index (χ0v) is 23.4. The lowest BCUT2D eigenvalue weighted by molar-refractivity contribution is -0.137. The van der Waals surface area contributed by atoms with Crippen LogP contribution in [0.4, 0.5) is 13.2 Å². The van der Waals surface area contributed by atoms with E-state index in [1.165, 1.54) is 39.5 Å². The first-order chi connectivity index (χ1) is 19.2. The van der Waals surface area contributed by atoms with Gasteiger partial charge in [0.1, 0.15) is 5.75 Å². The van der Waals surface area contributed by atoms with Gasteiger partial charge in [-0.05, 0) is 76.1 Å². The molecule has 0 unspecified atom stereocenters. The lowest BCUT2D eigenvalue weighted by atomic mass is 9.94. The third kappa shape index (κ3) is 5.92. The van der Waals surface area contributed by atoms with Gasteiger partial charge in [-0.15, -0.1) is 0 Å². The van der Waals surface area contributed by atoms with E-state index in [1.807, 2.05) is 0 Å². The van der Waals surface area contributed by atoms with E-state index in [4.69, 9.17) is 26.1 Å². The summed E-state index contributed by atoms with van der Waals surface area (Å²) in [5, 5.41) is 0.753. The summed E-state index contributed by atoms with van der Waals surface area (Å²) in [5.74, 6) is -0.232. The first kappa shape index (κ1) is 28.6. The number of carbonyl (C=O) groups is 1.